The summed E-state index contributed by atoms with van der Waals surface area (Å²) in [6, 6.07) is -3.45. The zero-order valence-corrected chi connectivity index (χ0v) is 43.4. The first-order chi connectivity index (χ1) is 37.7. The standard InChI is InChI=1S/C45H76N2O33/c1-12-24(57)28(61)36(19(9-51)71-12)77-42-32(65)30(63)37(78-41-31(64)29(62)34(69-4)18(8-50)74-41)21(75-42)11-70-40-23(47-14(3)54)27(60)35(20(10-52)73-40)76-43-33(66)39(26(59)17(7-49)72-43)80-45(44(67)68)5-15(55)22(46-13(2)53)38(79-45)25(58)16(56)6-48/h12,15-43,48-52,55-66H,5-11H2,1-4H3,(H,46,53)(H,47,54)(H,67,68)/t12-,15+,16?,17?,18?,19?,20?,21?,22+,23?,24+,25?,26-,27+,28?,29?,30+,31-,32?,33?,34+,35+,36+,37-,38?,39-,40+,41+,42-,43-,45-/m0/s1. The van der Waals surface area contributed by atoms with Crippen LogP contribution in [0, 0.1) is 0 Å². The minimum absolute atomic E-state index is 0.787. The number of carboxylic acids is 1. The lowest BCUT2D eigenvalue weighted by molar-refractivity contribution is -0.386. The molecule has 35 nitrogen and oxygen atoms in total. The van der Waals surface area contributed by atoms with Crippen LogP contribution in [0.2, 0.25) is 0 Å². The maximum absolute atomic E-state index is 13.0. The van der Waals surface area contributed by atoms with Gasteiger partial charge >= 0.3 is 5.97 Å². The highest BCUT2D eigenvalue weighted by Gasteiger charge is 2.61. The number of hydrogen-bond acceptors (Lipinski definition) is 32. The van der Waals surface area contributed by atoms with Gasteiger partial charge in [0.05, 0.1) is 57.9 Å². The number of carbonyl (C=O) groups is 3. The topological polar surface area (TPSA) is 550 Å². The summed E-state index contributed by atoms with van der Waals surface area (Å²) in [5.41, 5.74) is 0. The van der Waals surface area contributed by atoms with Crippen molar-refractivity contribution < 1.29 is 163 Å². The van der Waals surface area contributed by atoms with Gasteiger partial charge in [0.25, 0.3) is 5.79 Å². The first-order valence-corrected chi connectivity index (χ1v) is 25.5. The molecule has 35 heteroatoms. The lowest BCUT2D eigenvalue weighted by Crippen LogP contribution is -2.71. The van der Waals surface area contributed by atoms with E-state index in [1.54, 1.807) is 0 Å². The van der Waals surface area contributed by atoms with E-state index in [-0.39, 0.29) is 0 Å². The Labute approximate surface area is 454 Å². The Morgan fingerprint density at radius 3 is 1.52 bits per heavy atom. The number of carbonyl (C=O) groups excluding carboxylic acids is 2. The van der Waals surface area contributed by atoms with Crippen LogP contribution in [0.5, 0.6) is 0 Å². The van der Waals surface area contributed by atoms with Gasteiger partial charge in [-0.2, -0.15) is 0 Å². The van der Waals surface area contributed by atoms with E-state index in [9.17, 15) is 106 Å². The zero-order chi connectivity index (χ0) is 59.4. The highest BCUT2D eigenvalue weighted by molar-refractivity contribution is 5.76. The van der Waals surface area contributed by atoms with E-state index in [1.165, 1.54) is 6.92 Å². The van der Waals surface area contributed by atoms with Gasteiger partial charge in [-0.3, -0.25) is 9.59 Å². The second-order valence-corrected chi connectivity index (χ2v) is 20.2. The van der Waals surface area contributed by atoms with Gasteiger partial charge in [0, 0.05) is 27.4 Å². The van der Waals surface area contributed by atoms with Crippen molar-refractivity contribution in [3.8, 4) is 0 Å². The van der Waals surface area contributed by atoms with Gasteiger partial charge < -0.3 is 159 Å². The Balaban J connectivity index is 1.26. The number of aliphatic carboxylic acids is 1. The lowest BCUT2D eigenvalue weighted by Gasteiger charge is -2.51. The Morgan fingerprint density at radius 1 is 0.550 bits per heavy atom. The summed E-state index contributed by atoms with van der Waals surface area (Å²) in [4.78, 5) is 37.8. The van der Waals surface area contributed by atoms with Gasteiger partial charge in [-0.15, -0.1) is 0 Å². The zero-order valence-electron chi connectivity index (χ0n) is 43.4. The Bertz CT molecular complexity index is 1980. The van der Waals surface area contributed by atoms with Crippen molar-refractivity contribution >= 4 is 17.8 Å². The molecule has 464 valence electrons. The molecule has 6 fully saturated rings. The van der Waals surface area contributed by atoms with Crippen LogP contribution in [0.4, 0.5) is 0 Å². The molecule has 80 heavy (non-hydrogen) atoms. The molecular weight excluding hydrogens is 1100 g/mol. The maximum Gasteiger partial charge on any atom is 0.364 e. The van der Waals surface area contributed by atoms with Crippen molar-refractivity contribution in [2.24, 2.45) is 0 Å². The maximum atomic E-state index is 13.0. The van der Waals surface area contributed by atoms with Gasteiger partial charge in [0.1, 0.15) is 140 Å². The van der Waals surface area contributed by atoms with E-state index in [1.807, 2.05) is 0 Å². The molecule has 6 saturated heterocycles. The Kier molecular flexibility index (Phi) is 23.6. The highest BCUT2D eigenvalue weighted by atomic mass is 16.8. The molecule has 0 radical (unpaired) electrons. The lowest BCUT2D eigenvalue weighted by atomic mass is 9.88. The second-order valence-electron chi connectivity index (χ2n) is 20.2. The summed E-state index contributed by atoms with van der Waals surface area (Å²) in [6.45, 7) is -2.46. The molecule has 0 aromatic carbocycles. The fraction of sp³-hybridized carbons (Fsp3) is 0.933. The van der Waals surface area contributed by atoms with Crippen LogP contribution in [0.15, 0.2) is 0 Å². The third-order valence-corrected chi connectivity index (χ3v) is 14.7. The van der Waals surface area contributed by atoms with Crippen molar-refractivity contribution in [3.63, 3.8) is 0 Å². The Hall–Kier alpha value is -2.75. The van der Waals surface area contributed by atoms with Gasteiger partial charge in [-0.05, 0) is 6.92 Å². The minimum atomic E-state index is -3.19. The van der Waals surface area contributed by atoms with E-state index in [4.69, 9.17) is 56.8 Å². The molecule has 20 N–H and O–H groups in total. The number of aliphatic hydroxyl groups excluding tert-OH is 17. The van der Waals surface area contributed by atoms with Crippen LogP contribution in [0.25, 0.3) is 0 Å². The highest BCUT2D eigenvalue weighted by Crippen LogP contribution is 2.40. The molecule has 0 aliphatic carbocycles. The van der Waals surface area contributed by atoms with E-state index in [0.29, 0.717) is 0 Å². The summed E-state index contributed by atoms with van der Waals surface area (Å²) in [5.74, 6) is -6.95. The number of methoxy groups -OCH3 is 1. The molecule has 0 saturated carbocycles. The molecule has 6 aliphatic heterocycles. The summed E-state index contributed by atoms with van der Waals surface area (Å²) in [7, 11) is 1.15. The predicted octanol–water partition coefficient (Wildman–Crippen LogP) is -12.9. The molecular formula is C45H76N2O33. The first-order valence-electron chi connectivity index (χ1n) is 25.5. The molecule has 31 atom stereocenters. The monoisotopic (exact) mass is 1170 g/mol. The SMILES string of the molecule is CO[C@@H]1C(CO)O[C@H](O[C@H]2C(CO[C@@H]3OC(CO)[C@@H](O[C@@H]4OC(CO)[C@H](O)[C@H](O[C@]5(C(=O)O)C[C@@H](O)[C@@H](NC(C)=O)C(C(O)C(O)CO)O5)C4O)[C@H](O)C3NC(C)=O)O[C@@H](O[C@@H]3C(CO)O[C@@H](C)[C@@H](O)C3O)C(O)[C@H]2O)[C@@H](O)C1O. The minimum Gasteiger partial charge on any atom is -0.477 e. The van der Waals surface area contributed by atoms with Crippen molar-refractivity contribution in [2.75, 3.05) is 46.8 Å². The van der Waals surface area contributed by atoms with E-state index < -0.39 is 253 Å². The molecule has 6 aliphatic rings. The number of rotatable bonds is 22. The Morgan fingerprint density at radius 2 is 1.00 bits per heavy atom. The van der Waals surface area contributed by atoms with E-state index in [2.05, 4.69) is 10.6 Å². The van der Waals surface area contributed by atoms with Crippen LogP contribution in [-0.4, -0.2) is 346 Å². The molecule has 6 heterocycles. The average Bonchev–Trinajstić information content (AvgIpc) is 3.51. The van der Waals surface area contributed by atoms with Crippen LogP contribution in [-0.2, 0) is 71.2 Å². The molecule has 6 rings (SSSR count). The number of carboxylic acid groups (broad SMARTS) is 1. The predicted molar refractivity (Wildman–Crippen MR) is 248 cm³/mol. The fourth-order valence-electron chi connectivity index (χ4n) is 10.4. The van der Waals surface area contributed by atoms with Crippen LogP contribution < -0.4 is 10.6 Å². The largest absolute Gasteiger partial charge is 0.477 e. The van der Waals surface area contributed by atoms with Crippen molar-refractivity contribution in [2.45, 2.75) is 217 Å². The summed E-state index contributed by atoms with van der Waals surface area (Å²) in [5, 5.41) is 200. The van der Waals surface area contributed by atoms with E-state index in [0.717, 1.165) is 21.0 Å². The first kappa shape index (κ1) is 66.4. The van der Waals surface area contributed by atoms with Crippen molar-refractivity contribution in [3.05, 3.63) is 0 Å². The molecule has 0 aromatic rings. The second kappa shape index (κ2) is 28.4. The third kappa shape index (κ3) is 14.1. The summed E-state index contributed by atoms with van der Waals surface area (Å²) in [6.07, 6.45) is -53.9. The number of amides is 2. The summed E-state index contributed by atoms with van der Waals surface area (Å²) >= 11 is 0. The fourth-order valence-corrected chi connectivity index (χ4v) is 10.4. The van der Waals surface area contributed by atoms with Crippen LogP contribution in [0.1, 0.15) is 27.2 Å². The van der Waals surface area contributed by atoms with Crippen molar-refractivity contribution in [1.82, 2.24) is 10.6 Å². The van der Waals surface area contributed by atoms with Gasteiger partial charge in [0.15, 0.2) is 25.2 Å². The number of hydrogen-bond donors (Lipinski definition) is 20. The number of nitrogens with one attached hydrogen (secondary N) is 2. The summed E-state index contributed by atoms with van der Waals surface area (Å²) < 4.78 is 68.9. The third-order valence-electron chi connectivity index (χ3n) is 14.7. The van der Waals surface area contributed by atoms with Crippen LogP contribution in [0.3, 0.4) is 0 Å². The molecule has 0 bridgehead atoms. The molecule has 2 amide bonds. The van der Waals surface area contributed by atoms with Gasteiger partial charge in [-0.25, -0.2) is 4.79 Å². The van der Waals surface area contributed by atoms with Crippen LogP contribution >= 0.6 is 0 Å². The number of ether oxygens (including phenoxy) is 12. The smallest absolute Gasteiger partial charge is 0.364 e. The van der Waals surface area contributed by atoms with Gasteiger partial charge in [0.2, 0.25) is 11.8 Å². The normalized spacial score (nSPS) is 47.2. The quantitative estimate of drug-likeness (QED) is 0.0479. The van der Waals surface area contributed by atoms with Gasteiger partial charge in [-0.1, -0.05) is 0 Å². The van der Waals surface area contributed by atoms with E-state index >= 15 is 0 Å². The molecule has 0 aromatic heterocycles. The molecule has 13 unspecified atom stereocenters. The average molecular weight is 1170 g/mol. The number of aliphatic hydroxyl groups is 17. The molecule has 0 spiro atoms. The van der Waals surface area contributed by atoms with Crippen molar-refractivity contribution in [1.29, 1.82) is 0 Å².